The fourth-order valence-corrected chi connectivity index (χ4v) is 2.65. The van der Waals surface area contributed by atoms with Crippen molar-refractivity contribution in [3.63, 3.8) is 0 Å². The maximum Gasteiger partial charge on any atom is 0.416 e. The minimum atomic E-state index is -4.96. The summed E-state index contributed by atoms with van der Waals surface area (Å²) in [4.78, 5) is 0. The lowest BCUT2D eigenvalue weighted by molar-refractivity contribution is -0.142. The number of nitrogens with one attached hydrogen (secondary N) is 1. The van der Waals surface area contributed by atoms with E-state index in [1.165, 1.54) is 12.1 Å². The third kappa shape index (κ3) is 4.19. The van der Waals surface area contributed by atoms with Gasteiger partial charge in [0.15, 0.2) is 17.3 Å². The molecule has 12 heteroatoms. The SMILES string of the molecule is N#Cc1[nH]nnc1-c1cccc(F)c1OCc1cc(C(F)(F)F)ccc1C(F)(F)F. The zero-order chi connectivity index (χ0) is 22.1. The number of nitriles is 1. The molecular weight excluding hydrogens is 421 g/mol. The van der Waals surface area contributed by atoms with Crippen molar-refractivity contribution in [3.05, 3.63) is 64.6 Å². The van der Waals surface area contributed by atoms with Gasteiger partial charge in [-0.3, -0.25) is 0 Å². The normalized spacial score (nSPS) is 11.9. The smallest absolute Gasteiger partial charge is 0.416 e. The summed E-state index contributed by atoms with van der Waals surface area (Å²) in [7, 11) is 0. The summed E-state index contributed by atoms with van der Waals surface area (Å²) in [5.74, 6) is -1.60. The zero-order valence-electron chi connectivity index (χ0n) is 14.6. The highest BCUT2D eigenvalue weighted by Gasteiger charge is 2.37. The van der Waals surface area contributed by atoms with Crippen LogP contribution in [0.5, 0.6) is 5.75 Å². The molecule has 1 aromatic heterocycles. The molecule has 0 saturated heterocycles. The molecule has 3 aromatic rings. The van der Waals surface area contributed by atoms with E-state index in [-0.39, 0.29) is 23.0 Å². The molecule has 156 valence electrons. The fourth-order valence-electron chi connectivity index (χ4n) is 2.65. The lowest BCUT2D eigenvalue weighted by Crippen LogP contribution is -2.14. The molecule has 5 nitrogen and oxygen atoms in total. The van der Waals surface area contributed by atoms with Gasteiger partial charge in [-0.05, 0) is 30.3 Å². The lowest BCUT2D eigenvalue weighted by atomic mass is 10.0. The monoisotopic (exact) mass is 430 g/mol. The van der Waals surface area contributed by atoms with Crippen molar-refractivity contribution in [3.8, 4) is 23.1 Å². The molecular formula is C18H9F7N4O. The Morgan fingerprint density at radius 3 is 2.40 bits per heavy atom. The van der Waals surface area contributed by atoms with Gasteiger partial charge in [-0.2, -0.15) is 31.6 Å². The molecule has 0 amide bonds. The number of ether oxygens (including phenoxy) is 1. The highest BCUT2D eigenvalue weighted by molar-refractivity contribution is 5.71. The molecule has 0 saturated carbocycles. The van der Waals surface area contributed by atoms with Gasteiger partial charge in [-0.1, -0.05) is 11.3 Å². The van der Waals surface area contributed by atoms with Crippen LogP contribution >= 0.6 is 0 Å². The van der Waals surface area contributed by atoms with E-state index in [1.54, 1.807) is 6.07 Å². The average molecular weight is 430 g/mol. The number of H-pyrrole nitrogens is 1. The molecule has 1 heterocycles. The van der Waals surface area contributed by atoms with Crippen LogP contribution in [0, 0.1) is 17.1 Å². The Bertz CT molecular complexity index is 1110. The third-order valence-corrected chi connectivity index (χ3v) is 3.99. The van der Waals surface area contributed by atoms with Gasteiger partial charge in [0.1, 0.15) is 18.4 Å². The number of para-hydroxylation sites is 1. The number of aromatic amines is 1. The summed E-state index contributed by atoms with van der Waals surface area (Å²) in [5.41, 5.74) is -3.92. The summed E-state index contributed by atoms with van der Waals surface area (Å²) in [6.07, 6.45) is -9.84. The molecule has 0 fully saturated rings. The Morgan fingerprint density at radius 2 is 1.77 bits per heavy atom. The first-order valence-corrected chi connectivity index (χ1v) is 8.02. The Labute approximate surface area is 163 Å². The number of halogens is 7. The van der Waals surface area contributed by atoms with Crippen LogP contribution in [0.4, 0.5) is 30.7 Å². The molecule has 0 aliphatic rings. The standard InChI is InChI=1S/C18H9F7N4O/c19-13-3-1-2-11(15-14(7-26)27-29-28-15)16(13)30-8-9-6-10(17(20,21)22)4-5-12(9)18(23,24)25/h1-6H,8H2,(H,27,28,29). The zero-order valence-corrected chi connectivity index (χ0v) is 14.6. The first-order chi connectivity index (χ1) is 14.0. The molecule has 0 aliphatic heterocycles. The van der Waals surface area contributed by atoms with E-state index in [2.05, 4.69) is 15.4 Å². The van der Waals surface area contributed by atoms with E-state index < -0.39 is 47.2 Å². The molecule has 3 rings (SSSR count). The van der Waals surface area contributed by atoms with E-state index in [0.29, 0.717) is 12.1 Å². The van der Waals surface area contributed by atoms with E-state index in [0.717, 1.165) is 6.07 Å². The second-order valence-electron chi connectivity index (χ2n) is 5.92. The van der Waals surface area contributed by atoms with Crippen molar-refractivity contribution < 1.29 is 35.5 Å². The van der Waals surface area contributed by atoms with Gasteiger partial charge in [0.2, 0.25) is 0 Å². The minimum absolute atomic E-state index is 0.110. The molecule has 0 radical (unpaired) electrons. The lowest BCUT2D eigenvalue weighted by Gasteiger charge is -2.17. The van der Waals surface area contributed by atoms with E-state index in [1.807, 2.05) is 0 Å². The van der Waals surface area contributed by atoms with Gasteiger partial charge < -0.3 is 4.74 Å². The highest BCUT2D eigenvalue weighted by atomic mass is 19.4. The van der Waals surface area contributed by atoms with Crippen LogP contribution in [-0.2, 0) is 19.0 Å². The predicted molar refractivity (Wildman–Crippen MR) is 87.3 cm³/mol. The van der Waals surface area contributed by atoms with Crippen LogP contribution in [0.1, 0.15) is 22.4 Å². The summed E-state index contributed by atoms with van der Waals surface area (Å²) in [6, 6.07) is 6.03. The Hall–Kier alpha value is -3.62. The van der Waals surface area contributed by atoms with E-state index >= 15 is 0 Å². The van der Waals surface area contributed by atoms with Gasteiger partial charge >= 0.3 is 12.4 Å². The van der Waals surface area contributed by atoms with Crippen LogP contribution < -0.4 is 4.74 Å². The molecule has 0 atom stereocenters. The topological polar surface area (TPSA) is 74.6 Å². The van der Waals surface area contributed by atoms with Gasteiger partial charge in [0.25, 0.3) is 0 Å². The molecule has 2 aromatic carbocycles. The first kappa shape index (κ1) is 21.1. The summed E-state index contributed by atoms with van der Waals surface area (Å²) < 4.78 is 97.9. The Morgan fingerprint density at radius 1 is 1.03 bits per heavy atom. The molecule has 0 unspecified atom stereocenters. The van der Waals surface area contributed by atoms with Crippen LogP contribution in [0.2, 0.25) is 0 Å². The number of alkyl halides is 6. The number of rotatable bonds is 4. The molecule has 0 bridgehead atoms. The van der Waals surface area contributed by atoms with Crippen LogP contribution in [0.25, 0.3) is 11.3 Å². The molecule has 0 spiro atoms. The van der Waals surface area contributed by atoms with Gasteiger partial charge in [0, 0.05) is 5.56 Å². The number of hydrogen-bond acceptors (Lipinski definition) is 4. The quantitative estimate of drug-likeness (QED) is 0.585. The second kappa shape index (κ2) is 7.66. The van der Waals surface area contributed by atoms with E-state index in [4.69, 9.17) is 10.00 Å². The van der Waals surface area contributed by atoms with Crippen molar-refractivity contribution in [2.45, 2.75) is 19.0 Å². The number of benzene rings is 2. The van der Waals surface area contributed by atoms with Crippen molar-refractivity contribution in [2.24, 2.45) is 0 Å². The molecule has 30 heavy (non-hydrogen) atoms. The summed E-state index contributed by atoms with van der Waals surface area (Å²) in [5, 5.41) is 18.3. The van der Waals surface area contributed by atoms with Crippen molar-refractivity contribution in [2.75, 3.05) is 0 Å². The highest BCUT2D eigenvalue weighted by Crippen LogP contribution is 2.38. The van der Waals surface area contributed by atoms with Gasteiger partial charge in [-0.15, -0.1) is 5.10 Å². The minimum Gasteiger partial charge on any atom is -0.485 e. The van der Waals surface area contributed by atoms with Crippen LogP contribution in [-0.4, -0.2) is 15.4 Å². The van der Waals surface area contributed by atoms with Crippen LogP contribution in [0.3, 0.4) is 0 Å². The summed E-state index contributed by atoms with van der Waals surface area (Å²) in [6.45, 7) is -1.02. The number of nitrogens with zero attached hydrogens (tertiary/aromatic N) is 3. The first-order valence-electron chi connectivity index (χ1n) is 8.02. The third-order valence-electron chi connectivity index (χ3n) is 3.99. The van der Waals surface area contributed by atoms with Crippen molar-refractivity contribution in [1.82, 2.24) is 15.4 Å². The number of hydrogen-bond donors (Lipinski definition) is 1. The predicted octanol–water partition coefficient (Wildman–Crippen LogP) is 5.10. The largest absolute Gasteiger partial charge is 0.485 e. The Kier molecular flexibility index (Phi) is 5.39. The molecule has 1 N–H and O–H groups in total. The average Bonchev–Trinajstić information content (AvgIpc) is 3.13. The fraction of sp³-hybridized carbons (Fsp3) is 0.167. The summed E-state index contributed by atoms with van der Waals surface area (Å²) >= 11 is 0. The van der Waals surface area contributed by atoms with Gasteiger partial charge in [-0.25, -0.2) is 9.49 Å². The van der Waals surface area contributed by atoms with E-state index in [9.17, 15) is 30.7 Å². The maximum absolute atomic E-state index is 14.3. The second-order valence-corrected chi connectivity index (χ2v) is 5.92. The molecule has 0 aliphatic carbocycles. The van der Waals surface area contributed by atoms with Crippen molar-refractivity contribution in [1.29, 1.82) is 5.26 Å². The van der Waals surface area contributed by atoms with Crippen molar-refractivity contribution >= 4 is 0 Å². The van der Waals surface area contributed by atoms with Crippen LogP contribution in [0.15, 0.2) is 36.4 Å². The number of aromatic nitrogens is 3. The van der Waals surface area contributed by atoms with Gasteiger partial charge in [0.05, 0.1) is 16.7 Å². The maximum atomic E-state index is 14.3. The Balaban J connectivity index is 2.03.